The summed E-state index contributed by atoms with van der Waals surface area (Å²) in [6.45, 7) is 13.5. The van der Waals surface area contributed by atoms with Crippen molar-refractivity contribution >= 4 is 21.5 Å². The second kappa shape index (κ2) is 5.43. The molecule has 0 N–H and O–H groups in total. The number of rotatable bonds is 2. The Hall–Kier alpha value is -1.82. The smallest absolute Gasteiger partial charge is 0.0140 e. The van der Waals surface area contributed by atoms with Gasteiger partial charge in [-0.3, -0.25) is 0 Å². The first-order chi connectivity index (χ1) is 10.5. The highest BCUT2D eigenvalue weighted by Crippen LogP contribution is 2.36. The van der Waals surface area contributed by atoms with Gasteiger partial charge in [0.2, 0.25) is 0 Å². The van der Waals surface area contributed by atoms with Crippen molar-refractivity contribution in [3.8, 4) is 0 Å². The fraction of sp³-hybridized carbons (Fsp3) is 0.364. The van der Waals surface area contributed by atoms with Gasteiger partial charge in [0.05, 0.1) is 0 Å². The Labute approximate surface area is 134 Å². The van der Waals surface area contributed by atoms with Crippen molar-refractivity contribution in [3.05, 3.63) is 57.6 Å². The van der Waals surface area contributed by atoms with Crippen LogP contribution in [0.15, 0.2) is 24.3 Å². The van der Waals surface area contributed by atoms with Crippen molar-refractivity contribution in [2.45, 2.75) is 54.4 Å². The number of benzene rings is 3. The van der Waals surface area contributed by atoms with E-state index in [4.69, 9.17) is 0 Å². The lowest BCUT2D eigenvalue weighted by molar-refractivity contribution is 1.15. The molecule has 0 saturated heterocycles. The Kier molecular flexibility index (Phi) is 3.72. The van der Waals surface area contributed by atoms with Crippen LogP contribution in [0.5, 0.6) is 0 Å². The molecule has 3 rings (SSSR count). The van der Waals surface area contributed by atoms with Crippen LogP contribution in [0.25, 0.3) is 21.5 Å². The zero-order valence-corrected chi connectivity index (χ0v) is 14.7. The van der Waals surface area contributed by atoms with Gasteiger partial charge in [0.1, 0.15) is 0 Å². The average molecular weight is 290 g/mol. The van der Waals surface area contributed by atoms with E-state index in [1.165, 1.54) is 54.9 Å². The van der Waals surface area contributed by atoms with Crippen LogP contribution >= 0.6 is 0 Å². The van der Waals surface area contributed by atoms with E-state index in [9.17, 15) is 0 Å². The van der Waals surface area contributed by atoms with E-state index in [0.29, 0.717) is 0 Å². The minimum Gasteiger partial charge on any atom is -0.0612 e. The summed E-state index contributed by atoms with van der Waals surface area (Å²) in [5.74, 6) is 0. The molecule has 0 heterocycles. The third kappa shape index (κ3) is 2.13. The molecule has 0 nitrogen and oxygen atoms in total. The Morgan fingerprint density at radius 3 is 0.909 bits per heavy atom. The van der Waals surface area contributed by atoms with Crippen LogP contribution in [0.1, 0.15) is 47.2 Å². The highest BCUT2D eigenvalue weighted by molar-refractivity contribution is 6.06. The molecule has 0 radical (unpaired) electrons. The molecule has 0 aliphatic rings. The van der Waals surface area contributed by atoms with Crippen LogP contribution in [-0.2, 0) is 12.8 Å². The SMILES string of the molecule is CCc1c2cc(C)c(C)cc2c(CC)c2cc(C)c(C)cc12. The van der Waals surface area contributed by atoms with E-state index < -0.39 is 0 Å². The second-order valence-electron chi connectivity index (χ2n) is 6.63. The molecule has 3 aromatic rings. The van der Waals surface area contributed by atoms with Crippen molar-refractivity contribution in [3.63, 3.8) is 0 Å². The van der Waals surface area contributed by atoms with Gasteiger partial charge in [-0.2, -0.15) is 0 Å². The quantitative estimate of drug-likeness (QED) is 0.482. The van der Waals surface area contributed by atoms with Crippen LogP contribution in [0.2, 0.25) is 0 Å². The van der Waals surface area contributed by atoms with Gasteiger partial charge in [0.25, 0.3) is 0 Å². The van der Waals surface area contributed by atoms with E-state index in [2.05, 4.69) is 65.8 Å². The molecule has 114 valence electrons. The first-order valence-corrected chi connectivity index (χ1v) is 8.43. The van der Waals surface area contributed by atoms with Crippen molar-refractivity contribution in [2.75, 3.05) is 0 Å². The molecular weight excluding hydrogens is 264 g/mol. The normalized spacial score (nSPS) is 11.5. The highest BCUT2D eigenvalue weighted by Gasteiger charge is 2.14. The standard InChI is InChI=1S/C22H26/c1-7-17-19-9-13(3)15(5)11-21(19)18(8-2)22-12-16(6)14(4)10-20(17)22/h9-12H,7-8H2,1-6H3. The molecule has 0 unspecified atom stereocenters. The monoisotopic (exact) mass is 290 g/mol. The number of aryl methyl sites for hydroxylation is 6. The fourth-order valence-electron chi connectivity index (χ4n) is 3.68. The summed E-state index contributed by atoms with van der Waals surface area (Å²) in [4.78, 5) is 0. The number of hydrogen-bond acceptors (Lipinski definition) is 0. The summed E-state index contributed by atoms with van der Waals surface area (Å²) in [5, 5.41) is 5.83. The maximum absolute atomic E-state index is 2.40. The van der Waals surface area contributed by atoms with Gasteiger partial charge in [0.15, 0.2) is 0 Å². The first kappa shape index (κ1) is 15.1. The van der Waals surface area contributed by atoms with E-state index >= 15 is 0 Å². The maximum atomic E-state index is 2.40. The van der Waals surface area contributed by atoms with Crippen molar-refractivity contribution in [1.82, 2.24) is 0 Å². The van der Waals surface area contributed by atoms with E-state index in [0.717, 1.165) is 12.8 Å². The van der Waals surface area contributed by atoms with Gasteiger partial charge in [-0.15, -0.1) is 0 Å². The molecule has 0 aliphatic carbocycles. The minimum atomic E-state index is 1.09. The van der Waals surface area contributed by atoms with Gasteiger partial charge in [-0.25, -0.2) is 0 Å². The lowest BCUT2D eigenvalue weighted by Gasteiger charge is -2.18. The Bertz CT molecular complexity index is 739. The third-order valence-electron chi connectivity index (χ3n) is 5.28. The average Bonchev–Trinajstić information content (AvgIpc) is 2.48. The molecule has 0 saturated carbocycles. The van der Waals surface area contributed by atoms with Gasteiger partial charge in [-0.05, 0) is 95.5 Å². The zero-order chi connectivity index (χ0) is 16.0. The fourth-order valence-corrected chi connectivity index (χ4v) is 3.68. The Morgan fingerprint density at radius 2 is 0.727 bits per heavy atom. The second-order valence-corrected chi connectivity index (χ2v) is 6.63. The van der Waals surface area contributed by atoms with Gasteiger partial charge in [-0.1, -0.05) is 38.1 Å². The zero-order valence-electron chi connectivity index (χ0n) is 14.7. The molecule has 0 spiro atoms. The lowest BCUT2D eigenvalue weighted by Crippen LogP contribution is -1.97. The number of hydrogen-bond donors (Lipinski definition) is 0. The maximum Gasteiger partial charge on any atom is -0.0140 e. The van der Waals surface area contributed by atoms with Crippen LogP contribution in [0, 0.1) is 27.7 Å². The van der Waals surface area contributed by atoms with Crippen molar-refractivity contribution in [2.24, 2.45) is 0 Å². The minimum absolute atomic E-state index is 1.09. The summed E-state index contributed by atoms with van der Waals surface area (Å²) in [6.07, 6.45) is 2.17. The molecule has 0 aliphatic heterocycles. The Morgan fingerprint density at radius 1 is 0.500 bits per heavy atom. The molecule has 0 atom stereocenters. The molecule has 0 fully saturated rings. The third-order valence-corrected chi connectivity index (χ3v) is 5.28. The molecule has 22 heavy (non-hydrogen) atoms. The summed E-state index contributed by atoms with van der Waals surface area (Å²) >= 11 is 0. The van der Waals surface area contributed by atoms with Crippen LogP contribution < -0.4 is 0 Å². The van der Waals surface area contributed by atoms with E-state index in [1.807, 2.05) is 0 Å². The molecule has 0 amide bonds. The molecular formula is C22H26. The molecule has 0 heteroatoms. The van der Waals surface area contributed by atoms with Crippen LogP contribution in [0.3, 0.4) is 0 Å². The molecule has 0 aromatic heterocycles. The Balaban J connectivity index is 2.63. The van der Waals surface area contributed by atoms with Gasteiger partial charge in [0, 0.05) is 0 Å². The summed E-state index contributed by atoms with van der Waals surface area (Å²) in [6, 6.07) is 9.60. The predicted octanol–water partition coefficient (Wildman–Crippen LogP) is 6.35. The highest BCUT2D eigenvalue weighted by atomic mass is 14.2. The predicted molar refractivity (Wildman–Crippen MR) is 99.2 cm³/mol. The largest absolute Gasteiger partial charge is 0.0612 e. The van der Waals surface area contributed by atoms with Crippen LogP contribution in [0.4, 0.5) is 0 Å². The van der Waals surface area contributed by atoms with Crippen molar-refractivity contribution in [1.29, 1.82) is 0 Å². The van der Waals surface area contributed by atoms with E-state index in [1.54, 1.807) is 0 Å². The summed E-state index contributed by atoms with van der Waals surface area (Å²) in [7, 11) is 0. The van der Waals surface area contributed by atoms with E-state index in [-0.39, 0.29) is 0 Å². The molecule has 3 aromatic carbocycles. The molecule has 0 bridgehead atoms. The topological polar surface area (TPSA) is 0 Å². The number of fused-ring (bicyclic) bond motifs is 2. The van der Waals surface area contributed by atoms with Gasteiger partial charge < -0.3 is 0 Å². The van der Waals surface area contributed by atoms with Crippen molar-refractivity contribution < 1.29 is 0 Å². The van der Waals surface area contributed by atoms with Gasteiger partial charge >= 0.3 is 0 Å². The summed E-state index contributed by atoms with van der Waals surface area (Å²) < 4.78 is 0. The summed E-state index contributed by atoms with van der Waals surface area (Å²) in [5.41, 5.74) is 8.60. The van der Waals surface area contributed by atoms with Crippen LogP contribution in [-0.4, -0.2) is 0 Å². The lowest BCUT2D eigenvalue weighted by atomic mass is 9.86. The first-order valence-electron chi connectivity index (χ1n) is 8.43.